The summed E-state index contributed by atoms with van der Waals surface area (Å²) in [5.74, 6) is -0.206. The van der Waals surface area contributed by atoms with Crippen molar-refractivity contribution in [1.29, 1.82) is 0 Å². The molecule has 0 amide bonds. The summed E-state index contributed by atoms with van der Waals surface area (Å²) >= 11 is 0. The molecule has 0 aliphatic carbocycles. The fourth-order valence-corrected chi connectivity index (χ4v) is 2.48. The summed E-state index contributed by atoms with van der Waals surface area (Å²) in [7, 11) is 0. The van der Waals surface area contributed by atoms with Gasteiger partial charge in [0.1, 0.15) is 5.75 Å². The number of aromatic nitrogens is 2. The molecule has 0 fully saturated rings. The molecule has 0 aliphatic rings. The molecule has 2 aromatic rings. The van der Waals surface area contributed by atoms with E-state index < -0.39 is 6.36 Å². The molecule has 7 heteroatoms. The molecule has 1 N–H and O–H groups in total. The Kier molecular flexibility index (Phi) is 5.30. The van der Waals surface area contributed by atoms with Crippen molar-refractivity contribution in [1.82, 2.24) is 15.1 Å². The van der Waals surface area contributed by atoms with Crippen molar-refractivity contribution in [2.24, 2.45) is 0 Å². The van der Waals surface area contributed by atoms with Gasteiger partial charge in [-0.05, 0) is 38.5 Å². The van der Waals surface area contributed by atoms with E-state index in [1.807, 2.05) is 25.5 Å². The summed E-state index contributed by atoms with van der Waals surface area (Å²) in [5.41, 5.74) is 3.91. The van der Waals surface area contributed by atoms with Crippen LogP contribution in [-0.2, 0) is 19.6 Å². The second-order valence-corrected chi connectivity index (χ2v) is 5.26. The maximum atomic E-state index is 12.2. The molecule has 1 aromatic carbocycles. The number of hydrogen-bond acceptors (Lipinski definition) is 3. The van der Waals surface area contributed by atoms with E-state index in [9.17, 15) is 13.2 Å². The fraction of sp³-hybridized carbons (Fsp3) is 0.438. The predicted molar refractivity (Wildman–Crippen MR) is 81.0 cm³/mol. The highest BCUT2D eigenvalue weighted by molar-refractivity contribution is 5.29. The lowest BCUT2D eigenvalue weighted by Crippen LogP contribution is -2.18. The van der Waals surface area contributed by atoms with Crippen LogP contribution in [0.1, 0.15) is 29.4 Å². The Morgan fingerprint density at radius 3 is 2.57 bits per heavy atom. The Balaban J connectivity index is 1.97. The molecule has 126 valence electrons. The van der Waals surface area contributed by atoms with Crippen LogP contribution in [0.2, 0.25) is 0 Å². The van der Waals surface area contributed by atoms with Crippen molar-refractivity contribution < 1.29 is 17.9 Å². The highest BCUT2D eigenvalue weighted by Crippen LogP contribution is 2.23. The summed E-state index contributed by atoms with van der Waals surface area (Å²) in [4.78, 5) is 0. The minimum Gasteiger partial charge on any atom is -0.406 e. The number of ether oxygens (including phenoxy) is 1. The van der Waals surface area contributed by atoms with Crippen molar-refractivity contribution >= 4 is 0 Å². The summed E-state index contributed by atoms with van der Waals surface area (Å²) in [5, 5.41) is 7.68. The number of alkyl halides is 3. The number of rotatable bonds is 6. The van der Waals surface area contributed by atoms with Gasteiger partial charge in [0, 0.05) is 30.9 Å². The maximum Gasteiger partial charge on any atom is 0.573 e. The summed E-state index contributed by atoms with van der Waals surface area (Å²) in [6, 6.07) is 5.97. The summed E-state index contributed by atoms with van der Waals surface area (Å²) in [6.07, 6.45) is -4.67. The minimum atomic E-state index is -4.67. The summed E-state index contributed by atoms with van der Waals surface area (Å²) < 4.78 is 42.5. The molecule has 1 heterocycles. The van der Waals surface area contributed by atoms with Gasteiger partial charge < -0.3 is 10.1 Å². The largest absolute Gasteiger partial charge is 0.573 e. The van der Waals surface area contributed by atoms with Gasteiger partial charge in [-0.3, -0.25) is 4.68 Å². The molecule has 4 nitrogen and oxygen atoms in total. The number of aryl methyl sites for hydroxylation is 2. The van der Waals surface area contributed by atoms with Gasteiger partial charge in [-0.2, -0.15) is 5.10 Å². The quantitative estimate of drug-likeness (QED) is 0.879. The van der Waals surface area contributed by atoms with E-state index in [0.717, 1.165) is 29.1 Å². The Morgan fingerprint density at radius 2 is 1.96 bits per heavy atom. The first-order valence-electron chi connectivity index (χ1n) is 7.38. The maximum absolute atomic E-state index is 12.2. The van der Waals surface area contributed by atoms with E-state index >= 15 is 0 Å². The second kappa shape index (κ2) is 7.04. The Labute approximate surface area is 133 Å². The topological polar surface area (TPSA) is 39.1 Å². The third-order valence-corrected chi connectivity index (χ3v) is 3.59. The van der Waals surface area contributed by atoms with E-state index in [4.69, 9.17) is 0 Å². The van der Waals surface area contributed by atoms with Gasteiger partial charge >= 0.3 is 6.36 Å². The molecule has 0 saturated heterocycles. The SMILES string of the molecule is CCn1nc(C)c(CNCc2cccc(OC(F)(F)F)c2)c1C. The van der Waals surface area contributed by atoms with E-state index in [1.54, 1.807) is 12.1 Å². The van der Waals surface area contributed by atoms with Crippen molar-refractivity contribution in [2.75, 3.05) is 0 Å². The van der Waals surface area contributed by atoms with Crippen LogP contribution in [0.5, 0.6) is 5.75 Å². The highest BCUT2D eigenvalue weighted by atomic mass is 19.4. The van der Waals surface area contributed by atoms with E-state index in [1.165, 1.54) is 12.1 Å². The first-order chi connectivity index (χ1) is 10.8. The van der Waals surface area contributed by atoms with Gasteiger partial charge in [0.05, 0.1) is 5.69 Å². The van der Waals surface area contributed by atoms with Crippen LogP contribution < -0.4 is 10.1 Å². The fourth-order valence-electron chi connectivity index (χ4n) is 2.48. The van der Waals surface area contributed by atoms with Crippen LogP contribution in [-0.4, -0.2) is 16.1 Å². The first-order valence-corrected chi connectivity index (χ1v) is 7.38. The average Bonchev–Trinajstić information content (AvgIpc) is 2.73. The first kappa shape index (κ1) is 17.3. The van der Waals surface area contributed by atoms with Gasteiger partial charge in [-0.25, -0.2) is 0 Å². The lowest BCUT2D eigenvalue weighted by atomic mass is 10.1. The second-order valence-electron chi connectivity index (χ2n) is 5.26. The number of nitrogens with zero attached hydrogens (tertiary/aromatic N) is 2. The van der Waals surface area contributed by atoms with Gasteiger partial charge in [0.2, 0.25) is 0 Å². The monoisotopic (exact) mass is 327 g/mol. The van der Waals surface area contributed by atoms with Crippen LogP contribution in [0.4, 0.5) is 13.2 Å². The molecule has 0 saturated carbocycles. The van der Waals surface area contributed by atoms with Crippen LogP contribution in [0, 0.1) is 13.8 Å². The van der Waals surface area contributed by atoms with Crippen LogP contribution in [0.15, 0.2) is 24.3 Å². The number of hydrogen-bond donors (Lipinski definition) is 1. The molecule has 2 rings (SSSR count). The van der Waals surface area contributed by atoms with Crippen molar-refractivity contribution in [3.63, 3.8) is 0 Å². The summed E-state index contributed by atoms with van der Waals surface area (Å²) in [6.45, 7) is 7.87. The molecular formula is C16H20F3N3O. The Bertz CT molecular complexity index is 665. The number of nitrogens with one attached hydrogen (secondary N) is 1. The molecule has 0 aliphatic heterocycles. The van der Waals surface area contributed by atoms with Gasteiger partial charge in [0.25, 0.3) is 0 Å². The molecule has 23 heavy (non-hydrogen) atoms. The normalized spacial score (nSPS) is 11.7. The van der Waals surface area contributed by atoms with E-state index in [-0.39, 0.29) is 5.75 Å². The molecule has 0 unspecified atom stereocenters. The zero-order valence-corrected chi connectivity index (χ0v) is 13.4. The molecule has 0 radical (unpaired) electrons. The zero-order chi connectivity index (χ0) is 17.0. The third kappa shape index (κ3) is 4.72. The lowest BCUT2D eigenvalue weighted by molar-refractivity contribution is -0.274. The van der Waals surface area contributed by atoms with Gasteiger partial charge in [-0.1, -0.05) is 12.1 Å². The average molecular weight is 327 g/mol. The Hall–Kier alpha value is -2.02. The molecule has 0 bridgehead atoms. The van der Waals surface area contributed by atoms with E-state index in [2.05, 4.69) is 15.2 Å². The van der Waals surface area contributed by atoms with Gasteiger partial charge in [0.15, 0.2) is 0 Å². The number of benzene rings is 1. The molecular weight excluding hydrogens is 307 g/mol. The van der Waals surface area contributed by atoms with Crippen LogP contribution in [0.25, 0.3) is 0 Å². The predicted octanol–water partition coefficient (Wildman–Crippen LogP) is 3.71. The van der Waals surface area contributed by atoms with E-state index in [0.29, 0.717) is 13.1 Å². The molecule has 0 spiro atoms. The van der Waals surface area contributed by atoms with Crippen LogP contribution in [0.3, 0.4) is 0 Å². The lowest BCUT2D eigenvalue weighted by Gasteiger charge is -2.10. The third-order valence-electron chi connectivity index (χ3n) is 3.59. The zero-order valence-electron chi connectivity index (χ0n) is 13.4. The number of halogens is 3. The standard InChI is InChI=1S/C16H20F3N3O/c1-4-22-12(3)15(11(2)21-22)10-20-9-13-6-5-7-14(8-13)23-16(17,18)19/h5-8,20H,4,9-10H2,1-3H3. The van der Waals surface area contributed by atoms with Crippen LogP contribution >= 0.6 is 0 Å². The minimum absolute atomic E-state index is 0.206. The van der Waals surface area contributed by atoms with Crippen molar-refractivity contribution in [3.05, 3.63) is 46.8 Å². The highest BCUT2D eigenvalue weighted by Gasteiger charge is 2.31. The van der Waals surface area contributed by atoms with Crippen molar-refractivity contribution in [3.8, 4) is 5.75 Å². The van der Waals surface area contributed by atoms with Gasteiger partial charge in [-0.15, -0.1) is 13.2 Å². The smallest absolute Gasteiger partial charge is 0.406 e. The van der Waals surface area contributed by atoms with Crippen molar-refractivity contribution in [2.45, 2.75) is 46.8 Å². The Morgan fingerprint density at radius 1 is 1.22 bits per heavy atom. The molecule has 1 aromatic heterocycles. The molecule has 0 atom stereocenters.